The van der Waals surface area contributed by atoms with Crippen LogP contribution in [0.3, 0.4) is 0 Å². The minimum atomic E-state index is -1.91. The number of nitrogens with one attached hydrogen (secondary N) is 3. The van der Waals surface area contributed by atoms with E-state index in [-0.39, 0.29) is 6.42 Å². The molecule has 3 amide bonds. The molecular formula is C21H26N4O11. The molecule has 15 heteroatoms. The Morgan fingerprint density at radius 1 is 0.639 bits per heavy atom. The van der Waals surface area contributed by atoms with E-state index in [1.54, 1.807) is 30.3 Å². The zero-order valence-electron chi connectivity index (χ0n) is 18.7. The lowest BCUT2D eigenvalue weighted by molar-refractivity contribution is -0.148. The Bertz CT molecular complexity index is 999. The molecule has 36 heavy (non-hydrogen) atoms. The van der Waals surface area contributed by atoms with Crippen molar-refractivity contribution in [2.24, 2.45) is 5.73 Å². The van der Waals surface area contributed by atoms with Gasteiger partial charge in [-0.05, 0) is 5.56 Å². The molecule has 196 valence electrons. The first-order valence-electron chi connectivity index (χ1n) is 10.4. The number of rotatable bonds is 15. The summed E-state index contributed by atoms with van der Waals surface area (Å²) in [7, 11) is 0. The Kier molecular flexibility index (Phi) is 11.5. The fourth-order valence-corrected chi connectivity index (χ4v) is 2.92. The van der Waals surface area contributed by atoms with Crippen LogP contribution in [0, 0.1) is 0 Å². The smallest absolute Gasteiger partial charge is 0.326 e. The van der Waals surface area contributed by atoms with Crippen LogP contribution in [0.15, 0.2) is 30.3 Å². The summed E-state index contributed by atoms with van der Waals surface area (Å²) in [4.78, 5) is 82.0. The fraction of sp³-hybridized carbons (Fsp3) is 0.381. The van der Waals surface area contributed by atoms with E-state index in [9.17, 15) is 33.6 Å². The van der Waals surface area contributed by atoms with Gasteiger partial charge in [-0.2, -0.15) is 0 Å². The second-order valence-electron chi connectivity index (χ2n) is 7.61. The molecule has 0 aliphatic rings. The third-order valence-corrected chi connectivity index (χ3v) is 4.65. The number of benzene rings is 1. The molecule has 0 aliphatic carbocycles. The number of nitrogens with two attached hydrogens (primary N) is 1. The van der Waals surface area contributed by atoms with Crippen LogP contribution < -0.4 is 21.7 Å². The normalized spacial score (nSPS) is 13.8. The number of hydrogen-bond donors (Lipinski definition) is 8. The Labute approximate surface area is 203 Å². The number of carboxylic acid groups (broad SMARTS) is 4. The van der Waals surface area contributed by atoms with E-state index in [0.717, 1.165) is 0 Å². The van der Waals surface area contributed by atoms with E-state index in [4.69, 9.17) is 26.2 Å². The minimum Gasteiger partial charge on any atom is -0.481 e. The van der Waals surface area contributed by atoms with Crippen molar-refractivity contribution >= 4 is 41.6 Å². The van der Waals surface area contributed by atoms with Crippen LogP contribution in [0.25, 0.3) is 0 Å². The van der Waals surface area contributed by atoms with Gasteiger partial charge in [-0.25, -0.2) is 4.79 Å². The summed E-state index contributed by atoms with van der Waals surface area (Å²) in [5.74, 6) is -9.51. The Morgan fingerprint density at radius 2 is 1.08 bits per heavy atom. The topological polar surface area (TPSA) is 263 Å². The van der Waals surface area contributed by atoms with Crippen molar-refractivity contribution in [2.45, 2.75) is 49.9 Å². The van der Waals surface area contributed by atoms with Crippen LogP contribution in [0.2, 0.25) is 0 Å². The highest BCUT2D eigenvalue weighted by Crippen LogP contribution is 2.06. The van der Waals surface area contributed by atoms with E-state index < -0.39 is 85.0 Å². The van der Waals surface area contributed by atoms with Crippen LogP contribution >= 0.6 is 0 Å². The average Bonchev–Trinajstić information content (AvgIpc) is 2.77. The second-order valence-corrected chi connectivity index (χ2v) is 7.61. The van der Waals surface area contributed by atoms with Crippen molar-refractivity contribution in [3.8, 4) is 0 Å². The average molecular weight is 510 g/mol. The van der Waals surface area contributed by atoms with E-state index in [2.05, 4.69) is 10.6 Å². The maximum absolute atomic E-state index is 13.0. The zero-order valence-corrected chi connectivity index (χ0v) is 18.7. The van der Waals surface area contributed by atoms with Gasteiger partial charge >= 0.3 is 23.9 Å². The van der Waals surface area contributed by atoms with Gasteiger partial charge in [0.25, 0.3) is 0 Å². The van der Waals surface area contributed by atoms with Crippen LogP contribution in [0.1, 0.15) is 24.8 Å². The monoisotopic (exact) mass is 510 g/mol. The maximum atomic E-state index is 13.0. The number of carbonyl (C=O) groups excluding carboxylic acids is 3. The molecule has 0 aliphatic heterocycles. The number of aliphatic carboxylic acids is 4. The maximum Gasteiger partial charge on any atom is 0.326 e. The molecule has 0 fully saturated rings. The highest BCUT2D eigenvalue weighted by atomic mass is 16.4. The third-order valence-electron chi connectivity index (χ3n) is 4.65. The van der Waals surface area contributed by atoms with Crippen LogP contribution in [0.4, 0.5) is 0 Å². The molecule has 15 nitrogen and oxygen atoms in total. The lowest BCUT2D eigenvalue weighted by Crippen LogP contribution is -2.58. The molecule has 0 spiro atoms. The Morgan fingerprint density at radius 3 is 1.58 bits per heavy atom. The Balaban J connectivity index is 3.13. The first-order valence-corrected chi connectivity index (χ1v) is 10.4. The predicted octanol–water partition coefficient (Wildman–Crippen LogP) is -2.48. The summed E-state index contributed by atoms with van der Waals surface area (Å²) in [5, 5.41) is 42.1. The van der Waals surface area contributed by atoms with E-state index in [0.29, 0.717) is 5.56 Å². The molecule has 0 bridgehead atoms. The molecule has 0 aromatic heterocycles. The molecular weight excluding hydrogens is 484 g/mol. The first kappa shape index (κ1) is 29.5. The molecule has 9 N–H and O–H groups in total. The van der Waals surface area contributed by atoms with Gasteiger partial charge < -0.3 is 42.1 Å². The van der Waals surface area contributed by atoms with E-state index >= 15 is 0 Å². The summed E-state index contributed by atoms with van der Waals surface area (Å²) < 4.78 is 0. The molecule has 0 unspecified atom stereocenters. The molecule has 1 aromatic rings. The number of amides is 3. The molecule has 0 saturated carbocycles. The largest absolute Gasteiger partial charge is 0.481 e. The van der Waals surface area contributed by atoms with Crippen molar-refractivity contribution in [3.63, 3.8) is 0 Å². The quantitative estimate of drug-likeness (QED) is 0.122. The van der Waals surface area contributed by atoms with Gasteiger partial charge in [0.2, 0.25) is 17.7 Å². The lowest BCUT2D eigenvalue weighted by Gasteiger charge is -2.24. The van der Waals surface area contributed by atoms with Crippen molar-refractivity contribution in [2.75, 3.05) is 0 Å². The van der Waals surface area contributed by atoms with E-state index in [1.165, 1.54) is 0 Å². The number of carbonyl (C=O) groups is 7. The van der Waals surface area contributed by atoms with Gasteiger partial charge in [0.15, 0.2) is 0 Å². The first-order chi connectivity index (χ1) is 16.8. The highest BCUT2D eigenvalue weighted by molar-refractivity contribution is 5.96. The van der Waals surface area contributed by atoms with E-state index in [1.807, 2.05) is 5.32 Å². The lowest BCUT2D eigenvalue weighted by atomic mass is 10.0. The zero-order chi connectivity index (χ0) is 27.4. The molecule has 4 atom stereocenters. The SMILES string of the molecule is N[C@@H](CC(=O)O)C(=O)N[C@@H](Cc1ccccc1)C(=O)N[C@@H](CC(=O)O)C(=O)N[C@@H](CC(=O)O)C(=O)O. The highest BCUT2D eigenvalue weighted by Gasteiger charge is 2.32. The minimum absolute atomic E-state index is 0.156. The molecule has 1 aromatic carbocycles. The van der Waals surface area contributed by atoms with Gasteiger partial charge in [0.05, 0.1) is 25.3 Å². The van der Waals surface area contributed by atoms with Gasteiger partial charge in [-0.15, -0.1) is 0 Å². The fourth-order valence-electron chi connectivity index (χ4n) is 2.92. The van der Waals surface area contributed by atoms with Gasteiger partial charge in [-0.3, -0.25) is 28.8 Å². The summed E-state index contributed by atoms with van der Waals surface area (Å²) in [6.07, 6.45) is -2.91. The molecule has 1 rings (SSSR count). The van der Waals surface area contributed by atoms with Crippen molar-refractivity contribution in [3.05, 3.63) is 35.9 Å². The standard InChI is InChI=1S/C21H26N4O11/c22-11(7-15(26)27)18(32)23-12(6-10-4-2-1-3-5-10)19(33)24-13(8-16(28)29)20(34)25-14(21(35)36)9-17(30)31/h1-5,11-14H,6-9,22H2,(H,23,32)(H,24,33)(H,25,34)(H,26,27)(H,28,29)(H,30,31)(H,35,36)/t11-,12-,13-,14-/m0/s1. The second kappa shape index (κ2) is 14.0. The van der Waals surface area contributed by atoms with Gasteiger partial charge in [0, 0.05) is 6.42 Å². The van der Waals surface area contributed by atoms with Crippen LogP contribution in [0.5, 0.6) is 0 Å². The number of hydrogen-bond acceptors (Lipinski definition) is 8. The Hall–Kier alpha value is -4.53. The summed E-state index contributed by atoms with van der Waals surface area (Å²) >= 11 is 0. The molecule has 0 radical (unpaired) electrons. The third kappa shape index (κ3) is 10.6. The predicted molar refractivity (Wildman–Crippen MR) is 118 cm³/mol. The molecule has 0 saturated heterocycles. The van der Waals surface area contributed by atoms with Crippen molar-refractivity contribution in [1.29, 1.82) is 0 Å². The summed E-state index contributed by atoms with van der Waals surface area (Å²) in [5.41, 5.74) is 6.07. The summed E-state index contributed by atoms with van der Waals surface area (Å²) in [6.45, 7) is 0. The van der Waals surface area contributed by atoms with Crippen molar-refractivity contribution < 1.29 is 54.0 Å². The van der Waals surface area contributed by atoms with Gasteiger partial charge in [0.1, 0.15) is 18.1 Å². The van der Waals surface area contributed by atoms with Gasteiger partial charge in [-0.1, -0.05) is 30.3 Å². The number of carboxylic acids is 4. The van der Waals surface area contributed by atoms with Crippen molar-refractivity contribution in [1.82, 2.24) is 16.0 Å². The summed E-state index contributed by atoms with van der Waals surface area (Å²) in [6, 6.07) is 1.48. The molecule has 0 heterocycles. The van der Waals surface area contributed by atoms with Crippen LogP contribution in [-0.4, -0.2) is 86.2 Å². The van der Waals surface area contributed by atoms with Crippen LogP contribution in [-0.2, 0) is 40.0 Å².